The van der Waals surface area contributed by atoms with Crippen molar-refractivity contribution in [2.24, 2.45) is 0 Å². The molecule has 2 heteroatoms. The third kappa shape index (κ3) is 2.54. The van der Waals surface area contributed by atoms with Gasteiger partial charge in [-0.05, 0) is 0 Å². The average Bonchev–Trinajstić information content (AvgIpc) is 2.77. The van der Waals surface area contributed by atoms with Crippen LogP contribution in [0.2, 0.25) is 3.67 Å². The molecule has 0 radical (unpaired) electrons. The molecule has 0 aliphatic heterocycles. The van der Waals surface area contributed by atoms with Gasteiger partial charge in [0.05, 0.1) is 0 Å². The van der Waals surface area contributed by atoms with Crippen molar-refractivity contribution in [2.45, 2.75) is 16.5 Å². The van der Waals surface area contributed by atoms with Gasteiger partial charge < -0.3 is 0 Å². The van der Waals surface area contributed by atoms with Crippen molar-refractivity contribution in [3.63, 3.8) is 0 Å². The van der Waals surface area contributed by atoms with Gasteiger partial charge in [-0.1, -0.05) is 0 Å². The summed E-state index contributed by atoms with van der Waals surface area (Å²) in [5, 5.41) is 0. The van der Waals surface area contributed by atoms with Crippen LogP contribution in [0.5, 0.6) is 0 Å². The third-order valence-corrected chi connectivity index (χ3v) is 5.01. The zero-order valence-corrected chi connectivity index (χ0v) is 11.8. The van der Waals surface area contributed by atoms with Gasteiger partial charge in [0.15, 0.2) is 0 Å². The summed E-state index contributed by atoms with van der Waals surface area (Å²) in [5.74, 6) is 0. The van der Waals surface area contributed by atoms with E-state index in [9.17, 15) is 0 Å². The van der Waals surface area contributed by atoms with Gasteiger partial charge in [0.1, 0.15) is 0 Å². The van der Waals surface area contributed by atoms with Crippen molar-refractivity contribution < 1.29 is 24.4 Å². The molecule has 0 unspecified atom stereocenters. The Kier molecular flexibility index (Phi) is 4.40. The molecular formula is C11H12ClHf. The molecule has 0 fully saturated rings. The Bertz CT molecular complexity index is 267. The second kappa shape index (κ2) is 5.11. The molecule has 13 heavy (non-hydrogen) atoms. The zero-order chi connectivity index (χ0) is 8.39. The molecule has 0 aromatic rings. The molecule has 2 aliphatic carbocycles. The Hall–Kier alpha value is 0.120. The minimum absolute atomic E-state index is 0. The Balaban J connectivity index is 0.000000845. The Morgan fingerprint density at radius 1 is 1.00 bits per heavy atom. The molecule has 0 bridgehead atoms. The fourth-order valence-corrected chi connectivity index (χ4v) is 3.13. The van der Waals surface area contributed by atoms with Gasteiger partial charge in [-0.25, -0.2) is 0 Å². The van der Waals surface area contributed by atoms with E-state index in [1.165, 1.54) is 37.2 Å². The van der Waals surface area contributed by atoms with Gasteiger partial charge in [0.25, 0.3) is 0 Å². The zero-order valence-electron chi connectivity index (χ0n) is 7.36. The summed E-state index contributed by atoms with van der Waals surface area (Å²) in [6.07, 6.45) is 15.8. The van der Waals surface area contributed by atoms with Crippen LogP contribution in [0.1, 0.15) is 12.8 Å². The van der Waals surface area contributed by atoms with E-state index in [-0.39, 0.29) is 12.4 Å². The number of hydrogen-bond acceptors (Lipinski definition) is 0. The number of rotatable bonds is 2. The van der Waals surface area contributed by atoms with Crippen LogP contribution in [0, 0.1) is 0 Å². The van der Waals surface area contributed by atoms with Crippen LogP contribution >= 0.6 is 12.4 Å². The number of halogens is 1. The fraction of sp³-hybridized carbons (Fsp3) is 0.273. The van der Waals surface area contributed by atoms with Crippen LogP contribution in [0.25, 0.3) is 0 Å². The first-order valence-electron chi connectivity index (χ1n) is 4.30. The maximum absolute atomic E-state index is 2.29. The van der Waals surface area contributed by atoms with Gasteiger partial charge in [-0.15, -0.1) is 12.4 Å². The van der Waals surface area contributed by atoms with E-state index < -0.39 is 0 Å². The fourth-order valence-electron chi connectivity index (χ4n) is 1.59. The van der Waals surface area contributed by atoms with E-state index in [2.05, 4.69) is 36.5 Å². The summed E-state index contributed by atoms with van der Waals surface area (Å²) in [7, 11) is 0. The molecule has 0 atom stereocenters. The van der Waals surface area contributed by atoms with Crippen LogP contribution in [0.4, 0.5) is 0 Å². The summed E-state index contributed by atoms with van der Waals surface area (Å²) in [5.41, 5.74) is 3.24. The summed E-state index contributed by atoms with van der Waals surface area (Å²) in [6, 6.07) is 0. The van der Waals surface area contributed by atoms with Crippen LogP contribution in [0.3, 0.4) is 0 Å². The molecule has 0 aromatic carbocycles. The molecule has 0 nitrogen and oxygen atoms in total. The normalized spacial score (nSPS) is 18.8. The van der Waals surface area contributed by atoms with E-state index in [0.29, 0.717) is 0 Å². The molecule has 0 saturated carbocycles. The first-order chi connectivity index (χ1) is 5.88. The summed E-state index contributed by atoms with van der Waals surface area (Å²) in [4.78, 5) is 0. The summed E-state index contributed by atoms with van der Waals surface area (Å²) < 4.78 is 0.787. The SMILES string of the molecule is Cl.[Hf][CH](C1=CC=CC1)C1=CC=CC1. The van der Waals surface area contributed by atoms with Crippen LogP contribution < -0.4 is 0 Å². The molecule has 2 aliphatic rings. The first kappa shape index (κ1) is 11.2. The Morgan fingerprint density at radius 3 is 1.77 bits per heavy atom. The van der Waals surface area contributed by atoms with Gasteiger partial charge in [-0.3, -0.25) is 0 Å². The molecule has 0 aromatic heterocycles. The van der Waals surface area contributed by atoms with Crippen molar-refractivity contribution in [1.29, 1.82) is 0 Å². The minimum atomic E-state index is 0. The van der Waals surface area contributed by atoms with E-state index >= 15 is 0 Å². The average molecular weight is 358 g/mol. The predicted octanol–water partition coefficient (Wildman–Crippen LogP) is 3.52. The first-order valence-corrected chi connectivity index (χ1v) is 6.37. The molecule has 0 saturated heterocycles. The second-order valence-electron chi connectivity index (χ2n) is 3.18. The maximum atomic E-state index is 2.29. The molecule has 0 spiro atoms. The number of hydrogen-bond donors (Lipinski definition) is 0. The summed E-state index contributed by atoms with van der Waals surface area (Å²) >= 11 is 1.26. The quantitative estimate of drug-likeness (QED) is 0.663. The van der Waals surface area contributed by atoms with Gasteiger partial charge in [0, 0.05) is 0 Å². The van der Waals surface area contributed by atoms with Crippen molar-refractivity contribution in [3.05, 3.63) is 47.6 Å². The Morgan fingerprint density at radius 2 is 1.46 bits per heavy atom. The van der Waals surface area contributed by atoms with Crippen molar-refractivity contribution in [3.8, 4) is 0 Å². The molecule has 0 N–H and O–H groups in total. The van der Waals surface area contributed by atoms with Crippen LogP contribution in [-0.2, 0) is 24.4 Å². The van der Waals surface area contributed by atoms with Crippen molar-refractivity contribution in [2.75, 3.05) is 0 Å². The van der Waals surface area contributed by atoms with Gasteiger partial charge in [-0.2, -0.15) is 0 Å². The van der Waals surface area contributed by atoms with E-state index in [4.69, 9.17) is 0 Å². The van der Waals surface area contributed by atoms with E-state index in [0.717, 1.165) is 3.67 Å². The number of allylic oxidation sites excluding steroid dienone is 8. The molecule has 0 amide bonds. The second-order valence-corrected chi connectivity index (χ2v) is 5.25. The molecule has 67 valence electrons. The summed E-state index contributed by atoms with van der Waals surface area (Å²) in [6.45, 7) is 0. The molecule has 2 rings (SSSR count). The third-order valence-electron chi connectivity index (χ3n) is 2.34. The monoisotopic (exact) mass is 359 g/mol. The topological polar surface area (TPSA) is 0 Å². The molecule has 0 heterocycles. The van der Waals surface area contributed by atoms with E-state index in [1.807, 2.05) is 0 Å². The standard InChI is InChI=1S/C11H11.ClH.Hf/c1-2-6-10(5-1)9-11-7-3-4-8-11;;/h1-5,7,9H,6,8H2;1H;. The van der Waals surface area contributed by atoms with Crippen LogP contribution in [-0.4, -0.2) is 0 Å². The van der Waals surface area contributed by atoms with Gasteiger partial charge >= 0.3 is 88.5 Å². The molecular weight excluding hydrogens is 346 g/mol. The van der Waals surface area contributed by atoms with E-state index in [1.54, 1.807) is 11.1 Å². The van der Waals surface area contributed by atoms with Crippen LogP contribution in [0.15, 0.2) is 47.6 Å². The van der Waals surface area contributed by atoms with Crippen molar-refractivity contribution in [1.82, 2.24) is 0 Å². The predicted molar refractivity (Wildman–Crippen MR) is 54.7 cm³/mol. The van der Waals surface area contributed by atoms with Crippen molar-refractivity contribution >= 4 is 12.4 Å². The Labute approximate surface area is 100 Å². The van der Waals surface area contributed by atoms with Gasteiger partial charge in [0.2, 0.25) is 0 Å².